The molecule has 1 fully saturated rings. The third-order valence-electron chi connectivity index (χ3n) is 3.57. The third-order valence-corrected chi connectivity index (χ3v) is 4.28. The van der Waals surface area contributed by atoms with Crippen molar-refractivity contribution in [2.75, 3.05) is 12.0 Å². The highest BCUT2D eigenvalue weighted by Gasteiger charge is 2.57. The summed E-state index contributed by atoms with van der Waals surface area (Å²) in [5.41, 5.74) is 2.28. The van der Waals surface area contributed by atoms with E-state index >= 15 is 0 Å². The van der Waals surface area contributed by atoms with E-state index in [1.165, 1.54) is 5.75 Å². The maximum atomic E-state index is 10.9. The van der Waals surface area contributed by atoms with Gasteiger partial charge in [-0.15, -0.1) is 0 Å². The molecule has 2 aliphatic rings. The zero-order valence-corrected chi connectivity index (χ0v) is 9.17. The van der Waals surface area contributed by atoms with Crippen LogP contribution >= 0.6 is 11.8 Å². The molecule has 0 saturated heterocycles. The number of aromatic nitrogens is 2. The topological polar surface area (TPSA) is 66.0 Å². The molecular weight excluding hydrogens is 212 g/mol. The Kier molecular flexibility index (Phi) is 1.86. The van der Waals surface area contributed by atoms with Gasteiger partial charge in [-0.05, 0) is 30.3 Å². The van der Waals surface area contributed by atoms with Gasteiger partial charge in [0, 0.05) is 17.2 Å². The summed E-state index contributed by atoms with van der Waals surface area (Å²) in [6, 6.07) is 0. The van der Waals surface area contributed by atoms with E-state index in [1.807, 2.05) is 11.8 Å². The van der Waals surface area contributed by atoms with E-state index in [0.29, 0.717) is 11.8 Å². The molecule has 3 rings (SSSR count). The lowest BCUT2D eigenvalue weighted by Gasteiger charge is -2.01. The second-order valence-electron chi connectivity index (χ2n) is 4.28. The monoisotopic (exact) mass is 224 g/mol. The number of hydrogen-bond acceptors (Lipinski definition) is 3. The Morgan fingerprint density at radius 3 is 3.20 bits per heavy atom. The first-order valence-corrected chi connectivity index (χ1v) is 6.42. The smallest absolute Gasteiger partial charge is 0.356 e. The minimum atomic E-state index is -0.907. The van der Waals surface area contributed by atoms with Crippen LogP contribution in [-0.2, 0) is 6.42 Å². The van der Waals surface area contributed by atoms with Gasteiger partial charge in [0.15, 0.2) is 5.69 Å². The van der Waals surface area contributed by atoms with Gasteiger partial charge in [0.1, 0.15) is 0 Å². The highest BCUT2D eigenvalue weighted by atomic mass is 32.2. The van der Waals surface area contributed by atoms with Crippen LogP contribution in [0.5, 0.6) is 0 Å². The van der Waals surface area contributed by atoms with Crippen molar-refractivity contribution in [3.63, 3.8) is 0 Å². The molecule has 0 radical (unpaired) electrons. The van der Waals surface area contributed by atoms with Crippen LogP contribution in [-0.4, -0.2) is 33.3 Å². The molecule has 3 atom stereocenters. The maximum Gasteiger partial charge on any atom is 0.356 e. The van der Waals surface area contributed by atoms with Gasteiger partial charge in [-0.25, -0.2) is 4.79 Å². The van der Waals surface area contributed by atoms with Crippen LogP contribution in [0, 0.1) is 11.8 Å². The summed E-state index contributed by atoms with van der Waals surface area (Å²) >= 11 is 1.87. The quantitative estimate of drug-likeness (QED) is 0.813. The Bertz CT molecular complexity index is 429. The molecule has 1 aromatic rings. The standard InChI is InChI=1S/C10H12N2O2S/c1-15-3-6-4-2-5-8(7(4)6)11-12-9(5)10(13)14/h4,6-7H,2-3H2,1H3,(H,11,12)(H,13,14)/t4-,6+,7-/m0/s1. The van der Waals surface area contributed by atoms with Crippen molar-refractivity contribution in [2.45, 2.75) is 12.3 Å². The highest BCUT2D eigenvalue weighted by Crippen LogP contribution is 2.61. The van der Waals surface area contributed by atoms with Gasteiger partial charge in [-0.2, -0.15) is 16.9 Å². The summed E-state index contributed by atoms with van der Waals surface area (Å²) in [6.07, 6.45) is 3.02. The molecule has 0 bridgehead atoms. The zero-order valence-electron chi connectivity index (χ0n) is 8.36. The molecule has 1 heterocycles. The summed E-state index contributed by atoms with van der Waals surface area (Å²) in [5, 5.41) is 15.7. The lowest BCUT2D eigenvalue weighted by Crippen LogP contribution is -2.03. The van der Waals surface area contributed by atoms with E-state index in [2.05, 4.69) is 16.5 Å². The largest absolute Gasteiger partial charge is 0.476 e. The average molecular weight is 224 g/mol. The Balaban J connectivity index is 1.88. The van der Waals surface area contributed by atoms with Crippen LogP contribution in [0.25, 0.3) is 0 Å². The Morgan fingerprint density at radius 2 is 2.53 bits per heavy atom. The molecule has 15 heavy (non-hydrogen) atoms. The molecule has 0 spiro atoms. The third kappa shape index (κ3) is 1.16. The number of aromatic amines is 1. The minimum absolute atomic E-state index is 0.236. The van der Waals surface area contributed by atoms with E-state index < -0.39 is 5.97 Å². The molecule has 1 aromatic heterocycles. The molecule has 0 aliphatic heterocycles. The average Bonchev–Trinajstić information content (AvgIpc) is 2.60. The molecule has 0 unspecified atom stereocenters. The van der Waals surface area contributed by atoms with E-state index in [0.717, 1.165) is 23.6 Å². The second kappa shape index (κ2) is 3.01. The van der Waals surface area contributed by atoms with Crippen LogP contribution in [0.4, 0.5) is 0 Å². The molecule has 5 heteroatoms. The second-order valence-corrected chi connectivity index (χ2v) is 5.19. The fourth-order valence-electron chi connectivity index (χ4n) is 2.84. The SMILES string of the molecule is CSC[C@@H]1[C@@H]2Cc3c(C(=O)O)n[nH]c3[C@H]12. The molecule has 0 aromatic carbocycles. The van der Waals surface area contributed by atoms with Crippen LogP contribution < -0.4 is 0 Å². The van der Waals surface area contributed by atoms with Gasteiger partial charge in [0.2, 0.25) is 0 Å². The van der Waals surface area contributed by atoms with Gasteiger partial charge in [0.05, 0.1) is 0 Å². The number of fused-ring (bicyclic) bond motifs is 3. The first-order chi connectivity index (χ1) is 7.24. The van der Waals surface area contributed by atoms with Crippen molar-refractivity contribution in [3.8, 4) is 0 Å². The van der Waals surface area contributed by atoms with Gasteiger partial charge in [-0.3, -0.25) is 5.10 Å². The van der Waals surface area contributed by atoms with E-state index in [1.54, 1.807) is 0 Å². The van der Waals surface area contributed by atoms with Gasteiger partial charge >= 0.3 is 5.97 Å². The first-order valence-electron chi connectivity index (χ1n) is 5.03. The number of nitrogens with one attached hydrogen (secondary N) is 1. The molecule has 80 valence electrons. The van der Waals surface area contributed by atoms with Crippen molar-refractivity contribution in [1.29, 1.82) is 0 Å². The number of H-pyrrole nitrogens is 1. The van der Waals surface area contributed by atoms with Crippen LogP contribution in [0.1, 0.15) is 27.7 Å². The van der Waals surface area contributed by atoms with Gasteiger partial charge in [0.25, 0.3) is 0 Å². The molecule has 2 aliphatic carbocycles. The van der Waals surface area contributed by atoms with E-state index in [4.69, 9.17) is 5.11 Å². The van der Waals surface area contributed by atoms with Gasteiger partial charge in [-0.1, -0.05) is 0 Å². The normalized spacial score (nSPS) is 31.1. The minimum Gasteiger partial charge on any atom is -0.476 e. The number of carboxylic acids is 1. The molecule has 4 nitrogen and oxygen atoms in total. The number of nitrogens with zero attached hydrogens (tertiary/aromatic N) is 1. The van der Waals surface area contributed by atoms with Crippen molar-refractivity contribution >= 4 is 17.7 Å². The lowest BCUT2D eigenvalue weighted by molar-refractivity contribution is 0.0689. The predicted molar refractivity (Wildman–Crippen MR) is 57.4 cm³/mol. The summed E-state index contributed by atoms with van der Waals surface area (Å²) < 4.78 is 0. The van der Waals surface area contributed by atoms with Crippen LogP contribution in [0.3, 0.4) is 0 Å². The summed E-state index contributed by atoms with van der Waals surface area (Å²) in [7, 11) is 0. The highest BCUT2D eigenvalue weighted by molar-refractivity contribution is 7.98. The van der Waals surface area contributed by atoms with Crippen LogP contribution in [0.2, 0.25) is 0 Å². The zero-order chi connectivity index (χ0) is 10.6. The fraction of sp³-hybridized carbons (Fsp3) is 0.600. The van der Waals surface area contributed by atoms with E-state index in [-0.39, 0.29) is 5.69 Å². The van der Waals surface area contributed by atoms with E-state index in [9.17, 15) is 4.79 Å². The number of carbonyl (C=O) groups is 1. The first kappa shape index (κ1) is 9.27. The van der Waals surface area contributed by atoms with Crippen molar-refractivity contribution in [2.24, 2.45) is 11.8 Å². The van der Waals surface area contributed by atoms with Crippen molar-refractivity contribution in [1.82, 2.24) is 10.2 Å². The molecular formula is C10H12N2O2S. The number of hydrogen-bond donors (Lipinski definition) is 2. The Labute approximate surface area is 91.5 Å². The summed E-state index contributed by atoms with van der Waals surface area (Å²) in [6.45, 7) is 0. The lowest BCUT2D eigenvalue weighted by atomic mass is 10.1. The fourth-order valence-corrected chi connectivity index (χ4v) is 3.68. The Morgan fingerprint density at radius 1 is 1.73 bits per heavy atom. The van der Waals surface area contributed by atoms with Gasteiger partial charge < -0.3 is 5.11 Å². The Hall–Kier alpha value is -0.970. The van der Waals surface area contributed by atoms with Crippen LogP contribution in [0.15, 0.2) is 0 Å². The molecule has 1 saturated carbocycles. The summed E-state index contributed by atoms with van der Waals surface area (Å²) in [5.74, 6) is 2.26. The molecule has 0 amide bonds. The van der Waals surface area contributed by atoms with Crippen molar-refractivity contribution < 1.29 is 9.90 Å². The number of rotatable bonds is 3. The predicted octanol–water partition coefficient (Wildman–Crippen LogP) is 1.36. The van der Waals surface area contributed by atoms with Crippen molar-refractivity contribution in [3.05, 3.63) is 17.0 Å². The number of aromatic carboxylic acids is 1. The number of carboxylic acid groups (broad SMARTS) is 1. The summed E-state index contributed by atoms with van der Waals surface area (Å²) in [4.78, 5) is 10.9. The maximum absolute atomic E-state index is 10.9. The number of thioether (sulfide) groups is 1. The molecule has 2 N–H and O–H groups in total.